The summed E-state index contributed by atoms with van der Waals surface area (Å²) in [7, 11) is 0. The molecule has 1 unspecified atom stereocenters. The zero-order valence-electron chi connectivity index (χ0n) is 15.0. The van der Waals surface area contributed by atoms with Gasteiger partial charge in [0.1, 0.15) is 5.52 Å². The van der Waals surface area contributed by atoms with E-state index in [4.69, 9.17) is 16.0 Å². The monoisotopic (exact) mass is 365 g/mol. The average molecular weight is 366 g/mol. The minimum absolute atomic E-state index is 0.0643. The number of rotatable bonds is 1. The van der Waals surface area contributed by atoms with Crippen LogP contribution in [0.15, 0.2) is 22.6 Å². The van der Waals surface area contributed by atoms with E-state index in [9.17, 15) is 9.90 Å². The summed E-state index contributed by atoms with van der Waals surface area (Å²) in [6, 6.07) is 5.64. The lowest BCUT2D eigenvalue weighted by Crippen LogP contribution is -2.53. The Kier molecular flexibility index (Phi) is 4.58. The maximum Gasteiger partial charge on any atom is 0.407 e. The average Bonchev–Trinajstić information content (AvgIpc) is 2.81. The number of benzene rings is 1. The highest BCUT2D eigenvalue weighted by atomic mass is 35.5. The summed E-state index contributed by atoms with van der Waals surface area (Å²) in [5, 5.41) is 10.3. The van der Waals surface area contributed by atoms with Crippen LogP contribution in [-0.4, -0.2) is 46.3 Å². The van der Waals surface area contributed by atoms with Gasteiger partial charge in [-0.1, -0.05) is 32.4 Å². The third kappa shape index (κ3) is 3.54. The number of aromatic nitrogens is 1. The maximum atomic E-state index is 11.8. The van der Waals surface area contributed by atoms with Gasteiger partial charge < -0.3 is 19.3 Å². The fourth-order valence-electron chi connectivity index (χ4n) is 3.39. The van der Waals surface area contributed by atoms with Crippen LogP contribution >= 0.6 is 11.6 Å². The highest BCUT2D eigenvalue weighted by molar-refractivity contribution is 6.31. The molecule has 0 bridgehead atoms. The van der Waals surface area contributed by atoms with Gasteiger partial charge in [-0.3, -0.25) is 0 Å². The number of amides is 1. The molecule has 0 aliphatic carbocycles. The summed E-state index contributed by atoms with van der Waals surface area (Å²) in [5.41, 5.74) is 1.19. The van der Waals surface area contributed by atoms with Crippen molar-refractivity contribution in [2.75, 3.05) is 18.0 Å². The van der Waals surface area contributed by atoms with E-state index in [-0.39, 0.29) is 17.5 Å². The zero-order chi connectivity index (χ0) is 18.4. The third-order valence-electron chi connectivity index (χ3n) is 4.85. The van der Waals surface area contributed by atoms with Gasteiger partial charge in [0.05, 0.1) is 6.04 Å². The fourth-order valence-corrected chi connectivity index (χ4v) is 3.55. The van der Waals surface area contributed by atoms with Crippen LogP contribution in [0.4, 0.5) is 10.8 Å². The largest absolute Gasteiger partial charge is 0.465 e. The quantitative estimate of drug-likeness (QED) is 0.807. The lowest BCUT2D eigenvalue weighted by atomic mass is 9.85. The van der Waals surface area contributed by atoms with Gasteiger partial charge in [-0.15, -0.1) is 0 Å². The number of hydrogen-bond acceptors (Lipinski definition) is 4. The molecule has 25 heavy (non-hydrogen) atoms. The van der Waals surface area contributed by atoms with Gasteiger partial charge in [0.2, 0.25) is 0 Å². The molecular weight excluding hydrogens is 342 g/mol. The molecule has 1 N–H and O–H groups in total. The summed E-state index contributed by atoms with van der Waals surface area (Å²) in [5.74, 6) is 0. The molecule has 7 heteroatoms. The van der Waals surface area contributed by atoms with Crippen molar-refractivity contribution in [2.24, 2.45) is 5.41 Å². The van der Waals surface area contributed by atoms with Crippen LogP contribution < -0.4 is 4.90 Å². The van der Waals surface area contributed by atoms with Gasteiger partial charge in [-0.25, -0.2) is 4.79 Å². The maximum absolute atomic E-state index is 11.8. The van der Waals surface area contributed by atoms with Gasteiger partial charge in [0.25, 0.3) is 6.01 Å². The topological polar surface area (TPSA) is 69.8 Å². The molecule has 2 atom stereocenters. The Morgan fingerprint density at radius 3 is 2.76 bits per heavy atom. The third-order valence-corrected chi connectivity index (χ3v) is 5.09. The van der Waals surface area contributed by atoms with Gasteiger partial charge in [0, 0.05) is 24.2 Å². The molecule has 136 valence electrons. The van der Waals surface area contributed by atoms with Gasteiger partial charge in [-0.05, 0) is 37.0 Å². The van der Waals surface area contributed by atoms with Crippen LogP contribution in [0.2, 0.25) is 5.02 Å². The van der Waals surface area contributed by atoms with Crippen molar-refractivity contribution in [3.05, 3.63) is 23.2 Å². The molecule has 1 amide bonds. The molecule has 2 heterocycles. The lowest BCUT2D eigenvalue weighted by Gasteiger charge is -2.40. The number of fused-ring (bicyclic) bond motifs is 1. The number of carbonyl (C=O) groups is 1. The SMILES string of the molecule is CC1CCN(c2nc3cc(Cl)ccc3o2)C[C@@H](C(C)(C)C)N1C(=O)O. The van der Waals surface area contributed by atoms with Crippen LogP contribution in [-0.2, 0) is 0 Å². The van der Waals surface area contributed by atoms with Crippen molar-refractivity contribution in [3.63, 3.8) is 0 Å². The minimum atomic E-state index is -0.876. The number of halogens is 1. The Balaban J connectivity index is 1.97. The number of anilines is 1. The van der Waals surface area contributed by atoms with Crippen LogP contribution in [0.3, 0.4) is 0 Å². The number of nitrogens with zero attached hydrogens (tertiary/aromatic N) is 3. The van der Waals surface area contributed by atoms with E-state index in [1.165, 1.54) is 0 Å². The predicted octanol–water partition coefficient (Wildman–Crippen LogP) is 4.47. The van der Waals surface area contributed by atoms with Crippen LogP contribution in [0.1, 0.15) is 34.1 Å². The molecule has 2 aromatic rings. The Hall–Kier alpha value is -1.95. The van der Waals surface area contributed by atoms with Crippen LogP contribution in [0.5, 0.6) is 0 Å². The van der Waals surface area contributed by atoms with E-state index in [1.54, 1.807) is 23.1 Å². The molecule has 1 aromatic carbocycles. The fraction of sp³-hybridized carbons (Fsp3) is 0.556. The molecule has 0 spiro atoms. The Morgan fingerprint density at radius 2 is 2.12 bits per heavy atom. The van der Waals surface area contributed by atoms with E-state index >= 15 is 0 Å². The number of oxazole rings is 1. The van der Waals surface area contributed by atoms with Gasteiger partial charge >= 0.3 is 6.09 Å². The first-order valence-electron chi connectivity index (χ1n) is 8.49. The highest BCUT2D eigenvalue weighted by Gasteiger charge is 2.40. The summed E-state index contributed by atoms with van der Waals surface area (Å²) in [4.78, 5) is 20.0. The predicted molar refractivity (Wildman–Crippen MR) is 98.4 cm³/mol. The van der Waals surface area contributed by atoms with Crippen molar-refractivity contribution in [3.8, 4) is 0 Å². The van der Waals surface area contributed by atoms with E-state index in [1.807, 2.05) is 11.8 Å². The Labute approximate surface area is 152 Å². The molecule has 1 aliphatic heterocycles. The first-order chi connectivity index (χ1) is 11.7. The molecule has 1 aliphatic rings. The molecular formula is C18H24ClN3O3. The summed E-state index contributed by atoms with van der Waals surface area (Å²) < 4.78 is 5.90. The summed E-state index contributed by atoms with van der Waals surface area (Å²) in [6.07, 6.45) is -0.156. The molecule has 6 nitrogen and oxygen atoms in total. The van der Waals surface area contributed by atoms with Crippen molar-refractivity contribution < 1.29 is 14.3 Å². The normalized spacial score (nSPS) is 22.3. The van der Waals surface area contributed by atoms with Crippen LogP contribution in [0, 0.1) is 5.41 Å². The van der Waals surface area contributed by atoms with Crippen molar-refractivity contribution in [1.29, 1.82) is 0 Å². The second kappa shape index (κ2) is 6.41. The minimum Gasteiger partial charge on any atom is -0.465 e. The smallest absolute Gasteiger partial charge is 0.407 e. The first-order valence-corrected chi connectivity index (χ1v) is 8.87. The van der Waals surface area contributed by atoms with E-state index in [0.717, 1.165) is 6.42 Å². The number of carboxylic acid groups (broad SMARTS) is 1. The van der Waals surface area contributed by atoms with Crippen LogP contribution in [0.25, 0.3) is 11.1 Å². The molecule has 1 saturated heterocycles. The second-order valence-electron chi connectivity index (χ2n) is 7.76. The first kappa shape index (κ1) is 17.9. The molecule has 0 saturated carbocycles. The van der Waals surface area contributed by atoms with E-state index in [0.29, 0.717) is 35.2 Å². The number of hydrogen-bond donors (Lipinski definition) is 1. The van der Waals surface area contributed by atoms with Crippen molar-refractivity contribution >= 4 is 34.8 Å². The van der Waals surface area contributed by atoms with E-state index in [2.05, 4.69) is 25.8 Å². The van der Waals surface area contributed by atoms with Crippen molar-refractivity contribution in [2.45, 2.75) is 46.2 Å². The lowest BCUT2D eigenvalue weighted by molar-refractivity contribution is 0.0673. The Morgan fingerprint density at radius 1 is 1.40 bits per heavy atom. The molecule has 3 rings (SSSR count). The second-order valence-corrected chi connectivity index (χ2v) is 8.20. The van der Waals surface area contributed by atoms with Crippen molar-refractivity contribution in [1.82, 2.24) is 9.88 Å². The molecule has 1 fully saturated rings. The molecule has 1 aromatic heterocycles. The van der Waals surface area contributed by atoms with Gasteiger partial charge in [-0.2, -0.15) is 4.98 Å². The highest BCUT2D eigenvalue weighted by Crippen LogP contribution is 2.33. The standard InChI is InChI=1S/C18H24ClN3O3/c1-11-7-8-21(10-15(18(2,3)4)22(11)17(23)24)16-20-13-9-12(19)5-6-14(13)25-16/h5-6,9,11,15H,7-8,10H2,1-4H3,(H,23,24)/t11?,15-/m0/s1. The summed E-state index contributed by atoms with van der Waals surface area (Å²) >= 11 is 6.03. The Bertz CT molecular complexity index is 783. The zero-order valence-corrected chi connectivity index (χ0v) is 15.7. The molecule has 0 radical (unpaired) electrons. The summed E-state index contributed by atoms with van der Waals surface area (Å²) in [6.45, 7) is 9.39. The van der Waals surface area contributed by atoms with E-state index < -0.39 is 6.09 Å². The van der Waals surface area contributed by atoms with Gasteiger partial charge in [0.15, 0.2) is 5.58 Å².